The zero-order valence-corrected chi connectivity index (χ0v) is 11.0. The topological polar surface area (TPSA) is 37.3 Å². The Balaban J connectivity index is 0. The van der Waals surface area contributed by atoms with Crippen LogP contribution in [0.2, 0.25) is 0 Å². The van der Waals surface area contributed by atoms with E-state index in [2.05, 4.69) is 25.3 Å². The number of hydrogen-bond donors (Lipinski definition) is 3. The van der Waals surface area contributed by atoms with Crippen molar-refractivity contribution >= 4 is 54.3 Å². The summed E-state index contributed by atoms with van der Waals surface area (Å²) in [6, 6.07) is 0. The van der Waals surface area contributed by atoms with Gasteiger partial charge in [0.15, 0.2) is 0 Å². The maximum Gasteiger partial charge on any atom is 2.00 e. The van der Waals surface area contributed by atoms with Gasteiger partial charge in [0.25, 0.3) is 0 Å². The van der Waals surface area contributed by atoms with E-state index in [9.17, 15) is 4.79 Å². The molecule has 0 fully saturated rings. The van der Waals surface area contributed by atoms with Gasteiger partial charge in [-0.3, -0.25) is 4.79 Å². The van der Waals surface area contributed by atoms with Crippen LogP contribution in [0.3, 0.4) is 0 Å². The molecule has 0 aliphatic rings. The largest absolute Gasteiger partial charge is 2.00 e. The molecule has 13 heavy (non-hydrogen) atoms. The molecule has 0 saturated heterocycles. The molecule has 0 bridgehead atoms. The first-order valence-corrected chi connectivity index (χ1v) is 5.32. The van der Waals surface area contributed by atoms with E-state index < -0.39 is 5.97 Å². The fraction of sp³-hybridized carbons (Fsp3) is 0.875. The predicted molar refractivity (Wildman–Crippen MR) is 63.1 cm³/mol. The van der Waals surface area contributed by atoms with Crippen LogP contribution < -0.4 is 0 Å². The molecule has 0 spiro atoms. The van der Waals surface area contributed by atoms with Crippen LogP contribution in [0.5, 0.6) is 0 Å². The number of hydrogen-bond acceptors (Lipinski definition) is 3. The summed E-state index contributed by atoms with van der Waals surface area (Å²) in [4.78, 5) is 10.1. The van der Waals surface area contributed by atoms with Gasteiger partial charge in [-0.25, -0.2) is 0 Å². The fourth-order valence-corrected chi connectivity index (χ4v) is 1.78. The molecule has 1 atom stereocenters. The van der Waals surface area contributed by atoms with Gasteiger partial charge in [0, 0.05) is 11.7 Å². The Bertz CT molecular complexity index is 133. The Hall–Kier alpha value is 0.936. The molecule has 0 aliphatic carbocycles. The molecular formula is C8H16MgO2S2+2. The summed E-state index contributed by atoms with van der Waals surface area (Å²) in [5.41, 5.74) is 0. The standard InChI is InChI=1S/C8H16O2S2.Mg/c9-8(10)4-2-1-3-7(12)5-6-11;/h7,11-12H,1-6H2,(H,9,10);/q;+2/t7-;/m1./s1. The molecule has 0 amide bonds. The summed E-state index contributed by atoms with van der Waals surface area (Å²) < 4.78 is 0. The van der Waals surface area contributed by atoms with Crippen LogP contribution in [0.1, 0.15) is 32.1 Å². The van der Waals surface area contributed by atoms with Crippen LogP contribution >= 0.6 is 25.3 Å². The molecule has 0 unspecified atom stereocenters. The van der Waals surface area contributed by atoms with Gasteiger partial charge in [-0.2, -0.15) is 25.3 Å². The maximum atomic E-state index is 10.1. The van der Waals surface area contributed by atoms with Crippen LogP contribution in [0.15, 0.2) is 0 Å². The van der Waals surface area contributed by atoms with E-state index >= 15 is 0 Å². The van der Waals surface area contributed by atoms with Gasteiger partial charge in [0.05, 0.1) is 0 Å². The normalized spacial score (nSPS) is 11.8. The van der Waals surface area contributed by atoms with E-state index in [4.69, 9.17) is 5.11 Å². The Kier molecular flexibility index (Phi) is 13.9. The maximum absolute atomic E-state index is 10.1. The summed E-state index contributed by atoms with van der Waals surface area (Å²) in [6.45, 7) is 0. The molecule has 0 heterocycles. The summed E-state index contributed by atoms with van der Waals surface area (Å²) in [6.07, 6.45) is 3.99. The minimum atomic E-state index is -0.708. The quantitative estimate of drug-likeness (QED) is 0.356. The van der Waals surface area contributed by atoms with E-state index in [1.165, 1.54) is 0 Å². The van der Waals surface area contributed by atoms with E-state index in [1.807, 2.05) is 0 Å². The molecule has 1 N–H and O–H groups in total. The average molecular weight is 233 g/mol. The van der Waals surface area contributed by atoms with Gasteiger partial charge >= 0.3 is 29.0 Å². The molecule has 2 nitrogen and oxygen atoms in total. The first-order chi connectivity index (χ1) is 5.66. The Labute approximate surface area is 107 Å². The number of carbonyl (C=O) groups is 1. The zero-order valence-electron chi connectivity index (χ0n) is 7.78. The molecular weight excluding hydrogens is 217 g/mol. The van der Waals surface area contributed by atoms with Crippen molar-refractivity contribution < 1.29 is 9.90 Å². The van der Waals surface area contributed by atoms with Crippen molar-refractivity contribution in [2.24, 2.45) is 0 Å². The monoisotopic (exact) mass is 232 g/mol. The third-order valence-electron chi connectivity index (χ3n) is 1.64. The van der Waals surface area contributed by atoms with Crippen molar-refractivity contribution in [3.8, 4) is 0 Å². The van der Waals surface area contributed by atoms with Gasteiger partial charge in [0.1, 0.15) is 0 Å². The van der Waals surface area contributed by atoms with Gasteiger partial charge in [0.2, 0.25) is 0 Å². The van der Waals surface area contributed by atoms with E-state index in [0.29, 0.717) is 5.25 Å². The SMILES string of the molecule is O=C(O)CCCC[C@@H](S)CCS.[Mg+2]. The third-order valence-corrected chi connectivity index (χ3v) is 2.41. The van der Waals surface area contributed by atoms with Gasteiger partial charge in [-0.05, 0) is 25.0 Å². The van der Waals surface area contributed by atoms with Gasteiger partial charge in [-0.15, -0.1) is 0 Å². The number of aliphatic carboxylic acids is 1. The second kappa shape index (κ2) is 11.0. The Morgan fingerprint density at radius 3 is 2.38 bits per heavy atom. The number of carboxylic acid groups (broad SMARTS) is 1. The number of thiol groups is 2. The average Bonchev–Trinajstić information content (AvgIpc) is 1.98. The second-order valence-corrected chi connectivity index (χ2v) is 3.98. The predicted octanol–water partition coefficient (Wildman–Crippen LogP) is 1.87. The van der Waals surface area contributed by atoms with E-state index in [1.54, 1.807) is 0 Å². The number of rotatable bonds is 7. The van der Waals surface area contributed by atoms with Gasteiger partial charge < -0.3 is 5.11 Å². The van der Waals surface area contributed by atoms with Crippen molar-refractivity contribution in [1.29, 1.82) is 0 Å². The van der Waals surface area contributed by atoms with Crippen molar-refractivity contribution in [3.05, 3.63) is 0 Å². The van der Waals surface area contributed by atoms with E-state index in [0.717, 1.165) is 31.4 Å². The fourth-order valence-electron chi connectivity index (χ4n) is 0.950. The second-order valence-electron chi connectivity index (χ2n) is 2.81. The van der Waals surface area contributed by atoms with Crippen molar-refractivity contribution in [2.75, 3.05) is 5.75 Å². The summed E-state index contributed by atoms with van der Waals surface area (Å²) in [5.74, 6) is 0.146. The minimum absolute atomic E-state index is 0. The molecule has 0 saturated carbocycles. The van der Waals surface area contributed by atoms with Crippen LogP contribution in [0.25, 0.3) is 0 Å². The van der Waals surface area contributed by atoms with Crippen LogP contribution in [-0.4, -0.2) is 45.1 Å². The van der Waals surface area contributed by atoms with Crippen molar-refractivity contribution in [1.82, 2.24) is 0 Å². The van der Waals surface area contributed by atoms with Crippen LogP contribution in [0, 0.1) is 0 Å². The van der Waals surface area contributed by atoms with Crippen molar-refractivity contribution in [3.63, 3.8) is 0 Å². The zero-order chi connectivity index (χ0) is 9.40. The molecule has 0 rings (SSSR count). The molecule has 0 aromatic heterocycles. The molecule has 0 radical (unpaired) electrons. The Morgan fingerprint density at radius 2 is 1.92 bits per heavy atom. The summed E-state index contributed by atoms with van der Waals surface area (Å²) >= 11 is 8.43. The molecule has 0 aliphatic heterocycles. The molecule has 0 aromatic rings. The molecule has 72 valence electrons. The number of unbranched alkanes of at least 4 members (excludes halogenated alkanes) is 1. The third kappa shape index (κ3) is 12.9. The van der Waals surface area contributed by atoms with E-state index in [-0.39, 0.29) is 29.5 Å². The van der Waals surface area contributed by atoms with Gasteiger partial charge in [-0.1, -0.05) is 6.42 Å². The summed E-state index contributed by atoms with van der Waals surface area (Å²) in [5, 5.41) is 8.74. The molecule has 5 heteroatoms. The molecule has 0 aromatic carbocycles. The summed E-state index contributed by atoms with van der Waals surface area (Å²) in [7, 11) is 0. The smallest absolute Gasteiger partial charge is 0.481 e. The first kappa shape index (κ1) is 16.4. The first-order valence-electron chi connectivity index (χ1n) is 4.17. The number of carboxylic acids is 1. The Morgan fingerprint density at radius 1 is 1.31 bits per heavy atom. The minimum Gasteiger partial charge on any atom is -0.481 e. The van der Waals surface area contributed by atoms with Crippen LogP contribution in [-0.2, 0) is 4.79 Å². The van der Waals surface area contributed by atoms with Crippen molar-refractivity contribution in [2.45, 2.75) is 37.4 Å². The van der Waals surface area contributed by atoms with Crippen LogP contribution in [0.4, 0.5) is 0 Å².